The molecule has 3 rings (SSSR count). The number of hydrogen-bond acceptors (Lipinski definition) is 1. The Hall–Kier alpha value is -2.61. The third-order valence-electron chi connectivity index (χ3n) is 3.02. The average molecular weight is 247 g/mol. The van der Waals surface area contributed by atoms with Crippen LogP contribution in [-0.2, 0) is 4.79 Å². The quantitative estimate of drug-likeness (QED) is 0.811. The zero-order valence-corrected chi connectivity index (χ0v) is 10.3. The molecule has 2 aromatic carbocycles. The van der Waals surface area contributed by atoms with Gasteiger partial charge in [0.25, 0.3) is 5.91 Å². The molecular weight excluding hydrogens is 234 g/mol. The van der Waals surface area contributed by atoms with E-state index in [-0.39, 0.29) is 5.91 Å². The first-order valence-electron chi connectivity index (χ1n) is 6.18. The molecule has 2 aromatic rings. The zero-order chi connectivity index (χ0) is 13.1. The highest BCUT2D eigenvalue weighted by Crippen LogP contribution is 2.21. The first-order valence-corrected chi connectivity index (χ1v) is 6.18. The van der Waals surface area contributed by atoms with E-state index >= 15 is 0 Å². The van der Waals surface area contributed by atoms with Gasteiger partial charge >= 0.3 is 0 Å². The smallest absolute Gasteiger partial charge is 0.255 e. The van der Waals surface area contributed by atoms with Crippen molar-refractivity contribution in [1.29, 1.82) is 0 Å². The van der Waals surface area contributed by atoms with Crippen LogP contribution in [0.1, 0.15) is 11.1 Å². The molecule has 2 nitrogen and oxygen atoms in total. The highest BCUT2D eigenvalue weighted by Gasteiger charge is 2.18. The van der Waals surface area contributed by atoms with Crippen LogP contribution in [0.2, 0.25) is 0 Å². The summed E-state index contributed by atoms with van der Waals surface area (Å²) in [6.07, 6.45) is 3.79. The van der Waals surface area contributed by atoms with Crippen molar-refractivity contribution < 1.29 is 4.79 Å². The third-order valence-corrected chi connectivity index (χ3v) is 3.02. The largest absolute Gasteiger partial charge is 0.321 e. The van der Waals surface area contributed by atoms with E-state index in [0.717, 1.165) is 16.8 Å². The van der Waals surface area contributed by atoms with Crippen molar-refractivity contribution in [1.82, 2.24) is 5.32 Å². The number of nitrogens with one attached hydrogen (secondary N) is 1. The van der Waals surface area contributed by atoms with E-state index in [1.807, 2.05) is 72.8 Å². The summed E-state index contributed by atoms with van der Waals surface area (Å²) in [4.78, 5) is 11.9. The van der Waals surface area contributed by atoms with Crippen LogP contribution in [0.5, 0.6) is 0 Å². The fraction of sp³-hybridized carbons (Fsp3) is 0. The monoisotopic (exact) mass is 247 g/mol. The lowest BCUT2D eigenvalue weighted by molar-refractivity contribution is -0.115. The van der Waals surface area contributed by atoms with Crippen LogP contribution in [0.4, 0.5) is 0 Å². The number of benzene rings is 2. The molecule has 0 bridgehead atoms. The Morgan fingerprint density at radius 1 is 0.842 bits per heavy atom. The van der Waals surface area contributed by atoms with Crippen LogP contribution in [0.15, 0.2) is 72.3 Å². The molecule has 0 aliphatic carbocycles. The summed E-state index contributed by atoms with van der Waals surface area (Å²) < 4.78 is 0. The second-order valence-electron chi connectivity index (χ2n) is 4.39. The van der Waals surface area contributed by atoms with Crippen molar-refractivity contribution in [2.45, 2.75) is 0 Å². The zero-order valence-electron chi connectivity index (χ0n) is 10.3. The van der Waals surface area contributed by atoms with Gasteiger partial charge in [0.2, 0.25) is 0 Å². The minimum atomic E-state index is -0.0530. The Bertz CT molecular complexity index is 654. The number of rotatable bonds is 2. The molecule has 19 heavy (non-hydrogen) atoms. The van der Waals surface area contributed by atoms with E-state index in [0.29, 0.717) is 5.57 Å². The normalized spacial score (nSPS) is 16.3. The summed E-state index contributed by atoms with van der Waals surface area (Å²) in [5.41, 5.74) is 3.59. The molecule has 0 atom stereocenters. The summed E-state index contributed by atoms with van der Waals surface area (Å²) in [6.45, 7) is 0. The summed E-state index contributed by atoms with van der Waals surface area (Å²) in [7, 11) is 0. The summed E-state index contributed by atoms with van der Waals surface area (Å²) in [5, 5.41) is 2.89. The molecule has 0 radical (unpaired) electrons. The minimum Gasteiger partial charge on any atom is -0.321 e. The van der Waals surface area contributed by atoms with Crippen LogP contribution in [0, 0.1) is 0 Å². The molecule has 1 N–H and O–H groups in total. The highest BCUT2D eigenvalue weighted by molar-refractivity contribution is 6.10. The van der Waals surface area contributed by atoms with E-state index in [9.17, 15) is 4.79 Å². The van der Waals surface area contributed by atoms with Gasteiger partial charge in [0.1, 0.15) is 0 Å². The van der Waals surface area contributed by atoms with Crippen molar-refractivity contribution in [2.24, 2.45) is 0 Å². The van der Waals surface area contributed by atoms with Crippen molar-refractivity contribution in [3.63, 3.8) is 0 Å². The average Bonchev–Trinajstić information content (AvgIpc) is 2.82. The standard InChI is InChI=1S/C17H13NO/c19-17-15(11-13-7-3-1-4-8-13)12-16(18-17)14-9-5-2-6-10-14/h1-12H,(H,18,19)/b15-11+. The maximum absolute atomic E-state index is 11.9. The second-order valence-corrected chi connectivity index (χ2v) is 4.39. The third kappa shape index (κ3) is 2.47. The molecule has 1 aliphatic rings. The van der Waals surface area contributed by atoms with E-state index in [2.05, 4.69) is 5.32 Å². The van der Waals surface area contributed by atoms with Gasteiger partial charge in [0.15, 0.2) is 0 Å². The van der Waals surface area contributed by atoms with Crippen molar-refractivity contribution in [2.75, 3.05) is 0 Å². The number of carbonyl (C=O) groups excluding carboxylic acids is 1. The van der Waals surface area contributed by atoms with Crippen LogP contribution < -0.4 is 5.32 Å². The van der Waals surface area contributed by atoms with Gasteiger partial charge in [0.05, 0.1) is 0 Å². The molecule has 1 aliphatic heterocycles. The Balaban J connectivity index is 1.94. The van der Waals surface area contributed by atoms with Crippen molar-refractivity contribution >= 4 is 17.7 Å². The molecule has 0 saturated heterocycles. The van der Waals surface area contributed by atoms with Crippen molar-refractivity contribution in [3.05, 3.63) is 83.4 Å². The van der Waals surface area contributed by atoms with E-state index < -0.39 is 0 Å². The molecule has 0 fully saturated rings. The van der Waals surface area contributed by atoms with Gasteiger partial charge in [-0.3, -0.25) is 4.79 Å². The molecule has 0 spiro atoms. The molecule has 1 heterocycles. The Morgan fingerprint density at radius 3 is 2.16 bits per heavy atom. The molecule has 0 unspecified atom stereocenters. The molecule has 92 valence electrons. The lowest BCUT2D eigenvalue weighted by atomic mass is 10.1. The summed E-state index contributed by atoms with van der Waals surface area (Å²) in [6, 6.07) is 19.7. The number of hydrogen-bond donors (Lipinski definition) is 1. The lowest BCUT2D eigenvalue weighted by Gasteiger charge is -2.00. The predicted octanol–water partition coefficient (Wildman–Crippen LogP) is 3.24. The molecule has 2 heteroatoms. The second kappa shape index (κ2) is 4.94. The van der Waals surface area contributed by atoms with Gasteiger partial charge in [-0.25, -0.2) is 0 Å². The Labute approximate surface area is 112 Å². The summed E-state index contributed by atoms with van der Waals surface area (Å²) >= 11 is 0. The maximum Gasteiger partial charge on any atom is 0.255 e. The maximum atomic E-state index is 11.9. The van der Waals surface area contributed by atoms with Crippen LogP contribution >= 0.6 is 0 Å². The molecule has 0 saturated carbocycles. The predicted molar refractivity (Wildman–Crippen MR) is 77.0 cm³/mol. The van der Waals surface area contributed by atoms with E-state index in [4.69, 9.17) is 0 Å². The Morgan fingerprint density at radius 2 is 1.47 bits per heavy atom. The fourth-order valence-corrected chi connectivity index (χ4v) is 2.06. The molecule has 1 amide bonds. The number of carbonyl (C=O) groups is 1. The minimum absolute atomic E-state index is 0.0530. The topological polar surface area (TPSA) is 29.1 Å². The molecule has 0 aromatic heterocycles. The highest BCUT2D eigenvalue weighted by atomic mass is 16.1. The van der Waals surface area contributed by atoms with Gasteiger partial charge in [-0.05, 0) is 23.3 Å². The van der Waals surface area contributed by atoms with E-state index in [1.54, 1.807) is 0 Å². The SMILES string of the molecule is O=C1NC(c2ccccc2)=C/C1=C\c1ccccc1. The fourth-order valence-electron chi connectivity index (χ4n) is 2.06. The van der Waals surface area contributed by atoms with E-state index in [1.165, 1.54) is 0 Å². The molecular formula is C17H13NO. The Kier molecular flexibility index (Phi) is 2.99. The van der Waals surface area contributed by atoms with Crippen molar-refractivity contribution in [3.8, 4) is 0 Å². The van der Waals surface area contributed by atoms with Crippen LogP contribution in [-0.4, -0.2) is 5.91 Å². The first-order chi connectivity index (χ1) is 9.33. The van der Waals surface area contributed by atoms with Gasteiger partial charge in [-0.1, -0.05) is 60.7 Å². The van der Waals surface area contributed by atoms with Gasteiger partial charge in [0, 0.05) is 11.3 Å². The first kappa shape index (κ1) is 11.5. The van der Waals surface area contributed by atoms with Gasteiger partial charge in [-0.2, -0.15) is 0 Å². The number of amides is 1. The summed E-state index contributed by atoms with van der Waals surface area (Å²) in [5.74, 6) is -0.0530. The van der Waals surface area contributed by atoms with Crippen LogP contribution in [0.25, 0.3) is 11.8 Å². The van der Waals surface area contributed by atoms with Gasteiger partial charge in [-0.15, -0.1) is 0 Å². The van der Waals surface area contributed by atoms with Gasteiger partial charge < -0.3 is 5.32 Å². The lowest BCUT2D eigenvalue weighted by Crippen LogP contribution is -2.15. The van der Waals surface area contributed by atoms with Crippen LogP contribution in [0.3, 0.4) is 0 Å².